The first kappa shape index (κ1) is 44.2. The molecule has 0 heterocycles. The van der Waals surface area contributed by atoms with Crippen molar-refractivity contribution < 1.29 is 38.2 Å². The van der Waals surface area contributed by atoms with Crippen LogP contribution >= 0.6 is 0 Å². The van der Waals surface area contributed by atoms with E-state index in [1.54, 1.807) is 0 Å². The molecule has 8 fully saturated rings. The third kappa shape index (κ3) is 11.5. The quantitative estimate of drug-likeness (QED) is 0.0523. The van der Waals surface area contributed by atoms with Gasteiger partial charge in [0.25, 0.3) is 0 Å². The van der Waals surface area contributed by atoms with Gasteiger partial charge in [-0.15, -0.1) is 0 Å². The molecule has 4 atom stereocenters. The minimum atomic E-state index is -0.958. The first-order valence-electron chi connectivity index (χ1n) is 23.5. The third-order valence-electron chi connectivity index (χ3n) is 15.1. The summed E-state index contributed by atoms with van der Waals surface area (Å²) < 4.78 is 17.5. The van der Waals surface area contributed by atoms with Crippen molar-refractivity contribution in [3.63, 3.8) is 0 Å². The summed E-state index contributed by atoms with van der Waals surface area (Å²) in [5, 5.41) is 11.5. The van der Waals surface area contributed by atoms with Crippen LogP contribution < -0.4 is 27.0 Å². The number of amides is 4. The van der Waals surface area contributed by atoms with Crippen molar-refractivity contribution >= 4 is 30.0 Å². The van der Waals surface area contributed by atoms with E-state index in [0.29, 0.717) is 75.3 Å². The Bertz CT molecular complexity index is 1570. The Hall–Kier alpha value is -3.87. The number of hydrogen-bond donors (Lipinski definition) is 5. The van der Waals surface area contributed by atoms with E-state index in [2.05, 4.69) is 21.3 Å². The molecule has 0 saturated heterocycles. The second-order valence-corrected chi connectivity index (χ2v) is 19.6. The molecule has 0 spiro atoms. The molecule has 0 unspecified atom stereocenters. The lowest BCUT2D eigenvalue weighted by molar-refractivity contribution is -0.149. The zero-order chi connectivity index (χ0) is 42.2. The van der Waals surface area contributed by atoms with E-state index in [4.69, 9.17) is 19.9 Å². The number of rotatable bonds is 21. The Morgan fingerprint density at radius 2 is 1.13 bits per heavy atom. The molecule has 8 aliphatic rings. The molecule has 0 aliphatic heterocycles. The summed E-state index contributed by atoms with van der Waals surface area (Å²) in [5.41, 5.74) is 7.14. The van der Waals surface area contributed by atoms with Crippen molar-refractivity contribution in [1.29, 1.82) is 0 Å². The van der Waals surface area contributed by atoms with Gasteiger partial charge >= 0.3 is 18.2 Å². The molecular formula is C47H71N5O8. The summed E-state index contributed by atoms with van der Waals surface area (Å²) >= 11 is 0. The molecule has 1 aromatic rings. The smallest absolute Gasteiger partial charge is 0.407 e. The monoisotopic (exact) mass is 834 g/mol. The van der Waals surface area contributed by atoms with Crippen LogP contribution in [0.3, 0.4) is 0 Å². The molecule has 9 rings (SSSR count). The summed E-state index contributed by atoms with van der Waals surface area (Å²) in [4.78, 5) is 66.1. The minimum Gasteiger partial charge on any atom is -0.459 e. The van der Waals surface area contributed by atoms with Crippen molar-refractivity contribution in [2.45, 2.75) is 160 Å². The normalized spacial score (nSPS) is 31.3. The lowest BCUT2D eigenvalue weighted by Crippen LogP contribution is -2.56. The molecule has 1 aromatic carbocycles. The molecule has 0 radical (unpaired) electrons. The van der Waals surface area contributed by atoms with Crippen LogP contribution in [0, 0.1) is 53.3 Å². The van der Waals surface area contributed by atoms with E-state index < -0.39 is 35.9 Å². The van der Waals surface area contributed by atoms with Crippen LogP contribution in [0.2, 0.25) is 0 Å². The molecule has 13 heteroatoms. The topological polar surface area (TPSA) is 187 Å². The largest absolute Gasteiger partial charge is 0.459 e. The van der Waals surface area contributed by atoms with Crippen LogP contribution in [0.25, 0.3) is 0 Å². The Morgan fingerprint density at radius 3 is 1.62 bits per heavy atom. The van der Waals surface area contributed by atoms with Gasteiger partial charge in [0, 0.05) is 13.1 Å². The number of nitrogens with one attached hydrogen (secondary N) is 4. The lowest BCUT2D eigenvalue weighted by Gasteiger charge is -2.53. The number of hydrogen-bond acceptors (Lipinski definition) is 9. The first-order chi connectivity index (χ1) is 29.0. The van der Waals surface area contributed by atoms with Crippen molar-refractivity contribution in [3.05, 3.63) is 35.9 Å². The highest BCUT2D eigenvalue weighted by molar-refractivity contribution is 5.92. The predicted octanol–water partition coefficient (Wildman–Crippen LogP) is 6.52. The Morgan fingerprint density at radius 1 is 0.650 bits per heavy atom. The molecule has 0 aromatic heterocycles. The van der Waals surface area contributed by atoms with Gasteiger partial charge in [-0.2, -0.15) is 0 Å². The summed E-state index contributed by atoms with van der Waals surface area (Å²) in [5.74, 6) is 3.49. The van der Waals surface area contributed by atoms with E-state index in [9.17, 15) is 24.0 Å². The average molecular weight is 834 g/mol. The number of unbranched alkanes of at least 4 members (excludes halogenated alkanes) is 2. The van der Waals surface area contributed by atoms with Gasteiger partial charge in [0.1, 0.15) is 30.9 Å². The molecular weight excluding hydrogens is 763 g/mol. The number of alkyl carbamates (subject to hydrolysis) is 2. The fraction of sp³-hybridized carbons (Fsp3) is 0.766. The minimum absolute atomic E-state index is 0.0144. The van der Waals surface area contributed by atoms with E-state index in [-0.39, 0.29) is 43.3 Å². The number of nitrogens with two attached hydrogens (primary N) is 1. The van der Waals surface area contributed by atoms with Crippen LogP contribution in [-0.4, -0.2) is 73.4 Å². The van der Waals surface area contributed by atoms with Crippen molar-refractivity contribution in [2.75, 3.05) is 13.1 Å². The van der Waals surface area contributed by atoms with Crippen LogP contribution in [0.15, 0.2) is 30.3 Å². The maximum atomic E-state index is 13.9. The number of esters is 1. The van der Waals surface area contributed by atoms with E-state index in [1.165, 1.54) is 64.2 Å². The van der Waals surface area contributed by atoms with Gasteiger partial charge in [-0.05, 0) is 162 Å². The van der Waals surface area contributed by atoms with E-state index in [0.717, 1.165) is 29.2 Å². The molecule has 13 nitrogen and oxygen atoms in total. The van der Waals surface area contributed by atoms with Gasteiger partial charge in [0.2, 0.25) is 11.8 Å². The Kier molecular flexibility index (Phi) is 15.3. The van der Waals surface area contributed by atoms with Crippen LogP contribution in [0.4, 0.5) is 9.59 Å². The van der Waals surface area contributed by atoms with Crippen LogP contribution in [0.1, 0.15) is 129 Å². The SMILES string of the molecule is CC[C@H](C)[C@H](NC(=O)[C@@H](N)CCCCNC(=O)OC1C2CC3CC(C2)CC1C3)C(=O)N[C@@H](CCCCNC(=O)OC1C2CC3CC(C2)CC1C3)C(=O)OCc1ccccc1. The maximum Gasteiger partial charge on any atom is 0.407 e. The molecule has 8 bridgehead atoms. The zero-order valence-corrected chi connectivity index (χ0v) is 36.0. The number of carbonyl (C=O) groups excluding carboxylic acids is 5. The maximum absolute atomic E-state index is 13.9. The van der Waals surface area contributed by atoms with Crippen LogP contribution in [-0.2, 0) is 35.2 Å². The second-order valence-electron chi connectivity index (χ2n) is 19.6. The second kappa shape index (κ2) is 20.8. The molecule has 8 aliphatic carbocycles. The first-order valence-corrected chi connectivity index (χ1v) is 23.5. The number of ether oxygens (including phenoxy) is 3. The van der Waals surface area contributed by atoms with E-state index >= 15 is 0 Å². The highest BCUT2D eigenvalue weighted by Gasteiger charge is 2.51. The highest BCUT2D eigenvalue weighted by atomic mass is 16.6. The van der Waals surface area contributed by atoms with Gasteiger partial charge in [-0.1, -0.05) is 50.6 Å². The summed E-state index contributed by atoms with van der Waals surface area (Å²) in [6.45, 7) is 4.69. The highest BCUT2D eigenvalue weighted by Crippen LogP contribution is 2.55. The zero-order valence-electron chi connectivity index (χ0n) is 36.0. The van der Waals surface area contributed by atoms with Gasteiger partial charge in [0.15, 0.2) is 0 Å². The predicted molar refractivity (Wildman–Crippen MR) is 226 cm³/mol. The summed E-state index contributed by atoms with van der Waals surface area (Å²) in [7, 11) is 0. The molecule has 8 saturated carbocycles. The van der Waals surface area contributed by atoms with Gasteiger partial charge in [-0.3, -0.25) is 9.59 Å². The van der Waals surface area contributed by atoms with E-state index in [1.807, 2.05) is 44.2 Å². The standard InChI is InChI=1S/C47H71N5O8/c1-3-28(2)40(52-43(53)38(48)13-7-9-15-49-46(56)59-41-34-19-30-17-31(21-34)22-35(41)20-30)44(54)51-39(45(55)58-27-29-11-5-4-6-12-29)14-8-10-16-50-47(57)60-42-36-23-32-18-33(25-36)26-37(42)24-32/h4-6,11-12,28,30-42H,3,7-10,13-27,48H2,1-2H3,(H,49,56)(H,50,57)(H,51,54)(H,52,53)/t28-,30?,31?,32?,33?,34?,35?,36?,37?,38-,39-,40-,41?,42?/m0/s1. The lowest BCUT2D eigenvalue weighted by atomic mass is 9.55. The summed E-state index contributed by atoms with van der Waals surface area (Å²) in [6, 6.07) is 6.62. The molecule has 60 heavy (non-hydrogen) atoms. The molecule has 4 amide bonds. The fourth-order valence-corrected chi connectivity index (χ4v) is 12.2. The van der Waals surface area contributed by atoms with Gasteiger partial charge in [0.05, 0.1) is 6.04 Å². The van der Waals surface area contributed by atoms with Crippen molar-refractivity contribution in [1.82, 2.24) is 21.3 Å². The average Bonchev–Trinajstić information content (AvgIpc) is 3.23. The van der Waals surface area contributed by atoms with Crippen molar-refractivity contribution in [3.8, 4) is 0 Å². The van der Waals surface area contributed by atoms with Gasteiger partial charge < -0.3 is 41.2 Å². The Labute approximate surface area is 356 Å². The number of carbonyl (C=O) groups is 5. The number of benzene rings is 1. The van der Waals surface area contributed by atoms with Gasteiger partial charge in [-0.25, -0.2) is 14.4 Å². The molecule has 332 valence electrons. The van der Waals surface area contributed by atoms with Crippen molar-refractivity contribution in [2.24, 2.45) is 59.0 Å². The molecule has 6 N–H and O–H groups in total. The van der Waals surface area contributed by atoms with Crippen LogP contribution in [0.5, 0.6) is 0 Å². The summed E-state index contributed by atoms with van der Waals surface area (Å²) in [6.07, 6.45) is 15.1. The Balaban J connectivity index is 0.835. The third-order valence-corrected chi connectivity index (χ3v) is 15.1. The fourth-order valence-electron chi connectivity index (χ4n) is 12.2.